The minimum absolute atomic E-state index is 0.563. The van der Waals surface area contributed by atoms with Crippen molar-refractivity contribution in [3.05, 3.63) is 58.1 Å². The zero-order chi connectivity index (χ0) is 17.4. The lowest BCUT2D eigenvalue weighted by molar-refractivity contribution is 0.277. The van der Waals surface area contributed by atoms with E-state index in [1.807, 2.05) is 55.5 Å². The van der Waals surface area contributed by atoms with Crippen LogP contribution in [-0.2, 0) is 0 Å². The molecule has 0 saturated carbocycles. The number of hydrogen-bond acceptors (Lipinski definition) is 3. The van der Waals surface area contributed by atoms with Crippen LogP contribution in [0.3, 0.4) is 0 Å². The van der Waals surface area contributed by atoms with Crippen molar-refractivity contribution in [2.75, 3.05) is 13.2 Å². The average molecular weight is 386 g/mol. The Bertz CT molecular complexity index is 745. The van der Waals surface area contributed by atoms with Crippen molar-refractivity contribution in [1.82, 2.24) is 0 Å². The molecule has 2 aromatic carbocycles. The summed E-state index contributed by atoms with van der Waals surface area (Å²) < 4.78 is 12.4. The van der Waals surface area contributed by atoms with E-state index in [9.17, 15) is 5.26 Å². The van der Waals surface area contributed by atoms with Crippen LogP contribution in [0.1, 0.15) is 31.4 Å². The Morgan fingerprint density at radius 1 is 1.08 bits per heavy atom. The molecule has 0 radical (unpaired) electrons. The Kier molecular flexibility index (Phi) is 6.89. The Morgan fingerprint density at radius 2 is 1.83 bits per heavy atom. The molecular weight excluding hydrogens is 366 g/mol. The van der Waals surface area contributed by atoms with Crippen molar-refractivity contribution in [2.24, 2.45) is 0 Å². The summed E-state index contributed by atoms with van der Waals surface area (Å²) in [6.45, 7) is 5.22. The van der Waals surface area contributed by atoms with E-state index < -0.39 is 0 Å². The molecule has 0 aromatic heterocycles. The summed E-state index contributed by atoms with van der Waals surface area (Å²) in [6.07, 6.45) is 2.80. The van der Waals surface area contributed by atoms with Crippen LogP contribution >= 0.6 is 15.9 Å². The summed E-state index contributed by atoms with van der Waals surface area (Å²) >= 11 is 3.41. The zero-order valence-electron chi connectivity index (χ0n) is 13.9. The lowest BCUT2D eigenvalue weighted by Crippen LogP contribution is -2.00. The van der Waals surface area contributed by atoms with E-state index in [0.29, 0.717) is 24.5 Å². The number of nitriles is 1. The van der Waals surface area contributed by atoms with E-state index in [-0.39, 0.29) is 0 Å². The van der Waals surface area contributed by atoms with Gasteiger partial charge in [-0.25, -0.2) is 0 Å². The van der Waals surface area contributed by atoms with Crippen LogP contribution in [0, 0.1) is 11.3 Å². The van der Waals surface area contributed by atoms with Gasteiger partial charge in [-0.05, 0) is 54.8 Å². The number of benzene rings is 2. The van der Waals surface area contributed by atoms with Gasteiger partial charge in [0.25, 0.3) is 0 Å². The summed E-state index contributed by atoms with van der Waals surface area (Å²) in [5, 5.41) is 9.47. The molecule has 0 unspecified atom stereocenters. The van der Waals surface area contributed by atoms with Gasteiger partial charge in [0.15, 0.2) is 11.5 Å². The van der Waals surface area contributed by atoms with Gasteiger partial charge in [0.05, 0.1) is 24.9 Å². The average Bonchev–Trinajstić information content (AvgIpc) is 2.60. The number of nitrogens with zero attached hydrogens (tertiary/aromatic N) is 1. The van der Waals surface area contributed by atoms with Gasteiger partial charge in [-0.2, -0.15) is 5.26 Å². The van der Waals surface area contributed by atoms with Crippen molar-refractivity contribution < 1.29 is 9.47 Å². The van der Waals surface area contributed by atoms with Gasteiger partial charge in [0.2, 0.25) is 0 Å². The van der Waals surface area contributed by atoms with Crippen LogP contribution in [0.25, 0.3) is 11.6 Å². The lowest BCUT2D eigenvalue weighted by atomic mass is 10.0. The Hall–Kier alpha value is -2.25. The molecule has 124 valence electrons. The zero-order valence-corrected chi connectivity index (χ0v) is 15.5. The SMILES string of the molecule is CCCOc1ccc(/C=C(\C#N)c2ccc(Br)cc2)cc1OCC. The van der Waals surface area contributed by atoms with Gasteiger partial charge in [-0.3, -0.25) is 0 Å². The first-order valence-electron chi connectivity index (χ1n) is 7.95. The fraction of sp³-hybridized carbons (Fsp3) is 0.250. The summed E-state index contributed by atoms with van der Waals surface area (Å²) in [5.41, 5.74) is 2.39. The van der Waals surface area contributed by atoms with E-state index in [1.165, 1.54) is 0 Å². The molecule has 3 nitrogen and oxygen atoms in total. The van der Waals surface area contributed by atoms with Crippen LogP contribution in [-0.4, -0.2) is 13.2 Å². The van der Waals surface area contributed by atoms with E-state index in [1.54, 1.807) is 0 Å². The smallest absolute Gasteiger partial charge is 0.161 e. The number of allylic oxidation sites excluding steroid dienone is 1. The molecule has 24 heavy (non-hydrogen) atoms. The molecule has 2 rings (SSSR count). The number of rotatable bonds is 7. The Labute approximate surface area is 151 Å². The predicted octanol–water partition coefficient (Wildman–Crippen LogP) is 5.70. The largest absolute Gasteiger partial charge is 0.490 e. The third kappa shape index (κ3) is 4.87. The third-order valence-corrected chi connectivity index (χ3v) is 3.84. The normalized spacial score (nSPS) is 11.0. The maximum absolute atomic E-state index is 9.47. The molecule has 0 aliphatic carbocycles. The molecule has 0 N–H and O–H groups in total. The van der Waals surface area contributed by atoms with Crippen LogP contribution < -0.4 is 9.47 Å². The highest BCUT2D eigenvalue weighted by molar-refractivity contribution is 9.10. The van der Waals surface area contributed by atoms with Gasteiger partial charge in [0.1, 0.15) is 0 Å². The second-order valence-electron chi connectivity index (χ2n) is 5.16. The van der Waals surface area contributed by atoms with E-state index in [0.717, 1.165) is 27.8 Å². The van der Waals surface area contributed by atoms with Crippen LogP contribution in [0.5, 0.6) is 11.5 Å². The summed E-state index contributed by atoms with van der Waals surface area (Å²) in [6, 6.07) is 15.7. The molecule has 2 aromatic rings. The highest BCUT2D eigenvalue weighted by Gasteiger charge is 2.07. The molecular formula is C20H20BrNO2. The van der Waals surface area contributed by atoms with Gasteiger partial charge in [-0.1, -0.05) is 41.1 Å². The number of ether oxygens (including phenoxy) is 2. The first-order valence-corrected chi connectivity index (χ1v) is 8.74. The summed E-state index contributed by atoms with van der Waals surface area (Å²) in [7, 11) is 0. The van der Waals surface area contributed by atoms with Crippen LogP contribution in [0.4, 0.5) is 0 Å². The molecule has 0 spiro atoms. The first-order chi connectivity index (χ1) is 11.7. The second kappa shape index (κ2) is 9.14. The third-order valence-electron chi connectivity index (χ3n) is 3.32. The van der Waals surface area contributed by atoms with Crippen LogP contribution in [0.15, 0.2) is 46.9 Å². The molecule has 0 atom stereocenters. The summed E-state index contributed by atoms with van der Waals surface area (Å²) in [5.74, 6) is 1.44. The predicted molar refractivity (Wildman–Crippen MR) is 101 cm³/mol. The number of hydrogen-bond donors (Lipinski definition) is 0. The van der Waals surface area contributed by atoms with Crippen LogP contribution in [0.2, 0.25) is 0 Å². The maximum Gasteiger partial charge on any atom is 0.161 e. The van der Waals surface area contributed by atoms with Crippen molar-refractivity contribution in [1.29, 1.82) is 5.26 Å². The van der Waals surface area contributed by atoms with Gasteiger partial charge >= 0.3 is 0 Å². The fourth-order valence-electron chi connectivity index (χ4n) is 2.19. The molecule has 0 aliphatic rings. The number of halogens is 1. The Morgan fingerprint density at radius 3 is 2.46 bits per heavy atom. The maximum atomic E-state index is 9.47. The van der Waals surface area contributed by atoms with E-state index in [4.69, 9.17) is 9.47 Å². The van der Waals surface area contributed by atoms with E-state index >= 15 is 0 Å². The van der Waals surface area contributed by atoms with Crippen molar-refractivity contribution in [3.63, 3.8) is 0 Å². The molecule has 0 heterocycles. The van der Waals surface area contributed by atoms with Crippen molar-refractivity contribution in [2.45, 2.75) is 20.3 Å². The standard InChI is InChI=1S/C20H20BrNO2/c1-3-11-24-19-10-5-15(13-20(19)23-4-2)12-17(14-22)16-6-8-18(21)9-7-16/h5-10,12-13H,3-4,11H2,1-2H3/b17-12+. The summed E-state index contributed by atoms with van der Waals surface area (Å²) in [4.78, 5) is 0. The van der Waals surface area contributed by atoms with Gasteiger partial charge in [0, 0.05) is 4.47 Å². The molecule has 0 saturated heterocycles. The highest BCUT2D eigenvalue weighted by Crippen LogP contribution is 2.30. The monoisotopic (exact) mass is 385 g/mol. The molecule has 0 amide bonds. The van der Waals surface area contributed by atoms with Crippen molar-refractivity contribution in [3.8, 4) is 17.6 Å². The highest BCUT2D eigenvalue weighted by atomic mass is 79.9. The fourth-order valence-corrected chi connectivity index (χ4v) is 2.45. The minimum Gasteiger partial charge on any atom is -0.490 e. The minimum atomic E-state index is 0.563. The van der Waals surface area contributed by atoms with Gasteiger partial charge < -0.3 is 9.47 Å². The molecule has 4 heteroatoms. The van der Waals surface area contributed by atoms with Crippen molar-refractivity contribution >= 4 is 27.6 Å². The quantitative estimate of drug-likeness (QED) is 0.453. The molecule has 0 bridgehead atoms. The van der Waals surface area contributed by atoms with E-state index in [2.05, 4.69) is 28.9 Å². The second-order valence-corrected chi connectivity index (χ2v) is 6.08. The molecule has 0 aliphatic heterocycles. The topological polar surface area (TPSA) is 42.2 Å². The van der Waals surface area contributed by atoms with Gasteiger partial charge in [-0.15, -0.1) is 0 Å². The Balaban J connectivity index is 2.34. The lowest BCUT2D eigenvalue weighted by Gasteiger charge is -2.12. The molecule has 0 fully saturated rings. The first kappa shape index (κ1) is 18.1.